The molecule has 0 unspecified atom stereocenters. The Hall–Kier alpha value is -2.32. The Morgan fingerprint density at radius 2 is 2.21 bits per heavy atom. The molecule has 2 heterocycles. The van der Waals surface area contributed by atoms with Gasteiger partial charge in [-0.25, -0.2) is 0 Å². The number of carbonyl (C=O) groups excluding carboxylic acids is 1. The largest absolute Gasteiger partial charge is 0.379 e. The highest BCUT2D eigenvalue weighted by atomic mass is 16.5. The predicted molar refractivity (Wildman–Crippen MR) is 85.8 cm³/mol. The standard InChI is InChI=1S/C16H21N5O3/c1-11-18-19-20-21(11)13-5-3-12(4-6-13)9-16(22)17-14-10-24-8-7-15(14)23-2/h3-6,14-15H,7-10H2,1-2H3,(H,17,22)/t14-,15-/m1/s1. The number of methoxy groups -OCH3 is 1. The van der Waals surface area contributed by atoms with E-state index in [-0.39, 0.29) is 18.1 Å². The van der Waals surface area contributed by atoms with Crippen LogP contribution in [0.1, 0.15) is 17.8 Å². The molecule has 1 aliphatic heterocycles. The number of benzene rings is 1. The van der Waals surface area contributed by atoms with Crippen LogP contribution in [0.4, 0.5) is 0 Å². The molecule has 0 saturated carbocycles. The van der Waals surface area contributed by atoms with E-state index in [2.05, 4.69) is 20.8 Å². The normalized spacial score (nSPS) is 20.8. The molecule has 128 valence electrons. The van der Waals surface area contributed by atoms with Gasteiger partial charge in [-0.3, -0.25) is 4.79 Å². The van der Waals surface area contributed by atoms with Crippen LogP contribution in [0.3, 0.4) is 0 Å². The highest BCUT2D eigenvalue weighted by Crippen LogP contribution is 2.13. The van der Waals surface area contributed by atoms with Crippen LogP contribution in [-0.4, -0.2) is 58.6 Å². The fraction of sp³-hybridized carbons (Fsp3) is 0.500. The van der Waals surface area contributed by atoms with Crippen LogP contribution in [0.2, 0.25) is 0 Å². The number of hydrogen-bond donors (Lipinski definition) is 1. The van der Waals surface area contributed by atoms with Gasteiger partial charge in [0.1, 0.15) is 0 Å². The maximum Gasteiger partial charge on any atom is 0.224 e. The van der Waals surface area contributed by atoms with Gasteiger partial charge in [0.2, 0.25) is 5.91 Å². The summed E-state index contributed by atoms with van der Waals surface area (Å²) in [6.45, 7) is 2.99. The van der Waals surface area contributed by atoms with Crippen molar-refractivity contribution in [3.63, 3.8) is 0 Å². The fourth-order valence-electron chi connectivity index (χ4n) is 2.80. The molecule has 8 nitrogen and oxygen atoms in total. The van der Waals surface area contributed by atoms with Crippen molar-refractivity contribution in [1.82, 2.24) is 25.5 Å². The van der Waals surface area contributed by atoms with E-state index < -0.39 is 0 Å². The van der Waals surface area contributed by atoms with Crippen LogP contribution in [0, 0.1) is 6.92 Å². The number of nitrogens with zero attached hydrogens (tertiary/aromatic N) is 4. The van der Waals surface area contributed by atoms with Crippen LogP contribution in [-0.2, 0) is 20.7 Å². The molecule has 1 saturated heterocycles. The van der Waals surface area contributed by atoms with E-state index in [1.165, 1.54) is 0 Å². The third kappa shape index (κ3) is 3.77. The maximum absolute atomic E-state index is 12.3. The van der Waals surface area contributed by atoms with Gasteiger partial charge in [-0.15, -0.1) is 5.10 Å². The summed E-state index contributed by atoms with van der Waals surface area (Å²) in [5, 5.41) is 14.4. The van der Waals surface area contributed by atoms with Crippen LogP contribution >= 0.6 is 0 Å². The van der Waals surface area contributed by atoms with E-state index in [9.17, 15) is 4.79 Å². The summed E-state index contributed by atoms with van der Waals surface area (Å²) in [5.41, 5.74) is 1.79. The monoisotopic (exact) mass is 331 g/mol. The Morgan fingerprint density at radius 1 is 1.42 bits per heavy atom. The number of aryl methyl sites for hydroxylation is 1. The van der Waals surface area contributed by atoms with Gasteiger partial charge in [-0.05, 0) is 41.5 Å². The number of aromatic nitrogens is 4. The van der Waals surface area contributed by atoms with Crippen molar-refractivity contribution in [3.8, 4) is 5.69 Å². The Morgan fingerprint density at radius 3 is 2.88 bits per heavy atom. The summed E-state index contributed by atoms with van der Waals surface area (Å²) in [6.07, 6.45) is 1.11. The van der Waals surface area contributed by atoms with Crippen LogP contribution < -0.4 is 5.32 Å². The lowest BCUT2D eigenvalue weighted by molar-refractivity contribution is -0.124. The minimum Gasteiger partial charge on any atom is -0.379 e. The smallest absolute Gasteiger partial charge is 0.224 e. The van der Waals surface area contributed by atoms with E-state index in [1.54, 1.807) is 11.8 Å². The summed E-state index contributed by atoms with van der Waals surface area (Å²) >= 11 is 0. The summed E-state index contributed by atoms with van der Waals surface area (Å²) in [4.78, 5) is 12.3. The van der Waals surface area contributed by atoms with Crippen molar-refractivity contribution in [2.45, 2.75) is 31.9 Å². The van der Waals surface area contributed by atoms with E-state index in [1.807, 2.05) is 31.2 Å². The molecular weight excluding hydrogens is 310 g/mol. The average Bonchev–Trinajstić information content (AvgIpc) is 3.02. The summed E-state index contributed by atoms with van der Waals surface area (Å²) < 4.78 is 12.5. The molecule has 3 rings (SSSR count). The number of amides is 1. The van der Waals surface area contributed by atoms with Gasteiger partial charge in [0.15, 0.2) is 5.82 Å². The molecule has 1 aromatic carbocycles. The summed E-state index contributed by atoms with van der Waals surface area (Å²) in [5.74, 6) is 0.669. The summed E-state index contributed by atoms with van der Waals surface area (Å²) in [7, 11) is 1.66. The molecule has 0 aliphatic carbocycles. The van der Waals surface area contributed by atoms with Crippen LogP contribution in [0.5, 0.6) is 0 Å². The molecule has 1 aromatic heterocycles. The van der Waals surface area contributed by atoms with Gasteiger partial charge in [0.25, 0.3) is 0 Å². The van der Waals surface area contributed by atoms with Crippen molar-refractivity contribution < 1.29 is 14.3 Å². The van der Waals surface area contributed by atoms with Crippen molar-refractivity contribution in [3.05, 3.63) is 35.7 Å². The average molecular weight is 331 g/mol. The Kier molecular flexibility index (Phi) is 5.17. The lowest BCUT2D eigenvalue weighted by atomic mass is 10.1. The van der Waals surface area contributed by atoms with Crippen molar-refractivity contribution in [2.24, 2.45) is 0 Å². The molecule has 2 aromatic rings. The van der Waals surface area contributed by atoms with Crippen molar-refractivity contribution in [1.29, 1.82) is 0 Å². The molecule has 0 spiro atoms. The second kappa shape index (κ2) is 7.50. The van der Waals surface area contributed by atoms with E-state index >= 15 is 0 Å². The van der Waals surface area contributed by atoms with Crippen LogP contribution in [0.25, 0.3) is 5.69 Å². The Labute approximate surface area is 140 Å². The number of ether oxygens (including phenoxy) is 2. The van der Waals surface area contributed by atoms with Gasteiger partial charge in [-0.1, -0.05) is 12.1 Å². The first kappa shape index (κ1) is 16.5. The topological polar surface area (TPSA) is 91.2 Å². The third-order valence-electron chi connectivity index (χ3n) is 4.11. The minimum atomic E-state index is -0.0978. The number of nitrogens with one attached hydrogen (secondary N) is 1. The van der Waals surface area contributed by atoms with Crippen molar-refractivity contribution in [2.75, 3.05) is 20.3 Å². The fourth-order valence-corrected chi connectivity index (χ4v) is 2.80. The second-order valence-corrected chi connectivity index (χ2v) is 5.79. The molecule has 0 bridgehead atoms. The zero-order chi connectivity index (χ0) is 16.9. The van der Waals surface area contributed by atoms with E-state index in [0.29, 0.717) is 25.5 Å². The number of carbonyl (C=O) groups is 1. The van der Waals surface area contributed by atoms with Crippen LogP contribution in [0.15, 0.2) is 24.3 Å². The lowest BCUT2D eigenvalue weighted by Crippen LogP contribution is -2.50. The first-order valence-corrected chi connectivity index (χ1v) is 7.91. The maximum atomic E-state index is 12.3. The number of hydrogen-bond acceptors (Lipinski definition) is 6. The lowest BCUT2D eigenvalue weighted by Gasteiger charge is -2.31. The molecular formula is C16H21N5O3. The van der Waals surface area contributed by atoms with Gasteiger partial charge < -0.3 is 14.8 Å². The molecule has 1 N–H and O–H groups in total. The van der Waals surface area contributed by atoms with E-state index in [4.69, 9.17) is 9.47 Å². The second-order valence-electron chi connectivity index (χ2n) is 5.79. The molecule has 1 amide bonds. The van der Waals surface area contributed by atoms with Gasteiger partial charge in [-0.2, -0.15) is 4.68 Å². The quantitative estimate of drug-likeness (QED) is 0.854. The molecule has 0 radical (unpaired) electrons. The first-order chi connectivity index (χ1) is 11.7. The highest BCUT2D eigenvalue weighted by Gasteiger charge is 2.26. The van der Waals surface area contributed by atoms with Crippen molar-refractivity contribution >= 4 is 5.91 Å². The first-order valence-electron chi connectivity index (χ1n) is 7.91. The third-order valence-corrected chi connectivity index (χ3v) is 4.11. The Balaban J connectivity index is 1.59. The van der Waals surface area contributed by atoms with E-state index in [0.717, 1.165) is 17.7 Å². The SMILES string of the molecule is CO[C@@H]1CCOC[C@H]1NC(=O)Cc1ccc(-n2nnnc2C)cc1. The number of tetrazole rings is 1. The zero-order valence-corrected chi connectivity index (χ0v) is 13.8. The Bertz CT molecular complexity index is 685. The predicted octanol–water partition coefficient (Wildman–Crippen LogP) is 0.433. The zero-order valence-electron chi connectivity index (χ0n) is 13.8. The molecule has 8 heteroatoms. The highest BCUT2D eigenvalue weighted by molar-refractivity contribution is 5.79. The van der Waals surface area contributed by atoms with Gasteiger partial charge in [0.05, 0.1) is 30.9 Å². The van der Waals surface area contributed by atoms with Gasteiger partial charge >= 0.3 is 0 Å². The molecule has 1 aliphatic rings. The molecule has 2 atom stereocenters. The minimum absolute atomic E-state index is 0.00728. The summed E-state index contributed by atoms with van der Waals surface area (Å²) in [6, 6.07) is 7.50. The number of rotatable bonds is 5. The molecule has 1 fully saturated rings. The molecule has 24 heavy (non-hydrogen) atoms. The van der Waals surface area contributed by atoms with Gasteiger partial charge in [0, 0.05) is 13.7 Å².